The second-order valence-electron chi connectivity index (χ2n) is 11.1. The first-order valence-electron chi connectivity index (χ1n) is 14.7. The Balaban J connectivity index is 1.13. The number of halogens is 2. The van der Waals surface area contributed by atoms with E-state index < -0.39 is 0 Å². The highest BCUT2D eigenvalue weighted by molar-refractivity contribution is 9.10. The van der Waals surface area contributed by atoms with Crippen LogP contribution in [0.25, 0.3) is 0 Å². The van der Waals surface area contributed by atoms with Crippen LogP contribution in [0.15, 0.2) is 88.3 Å². The van der Waals surface area contributed by atoms with Crippen LogP contribution in [0.1, 0.15) is 36.0 Å². The van der Waals surface area contributed by atoms with Gasteiger partial charge in [-0.3, -0.25) is 10.4 Å². The number of aliphatic imine (C=N–C) groups is 1. The van der Waals surface area contributed by atoms with E-state index in [1.54, 1.807) is 12.1 Å². The second kappa shape index (κ2) is 14.0. The number of guanidine groups is 2. The lowest BCUT2D eigenvalue weighted by molar-refractivity contribution is 0.311. The van der Waals surface area contributed by atoms with Crippen LogP contribution < -0.4 is 5.73 Å². The van der Waals surface area contributed by atoms with Gasteiger partial charge in [-0.1, -0.05) is 70.5 Å². The average Bonchev–Trinajstić information content (AvgIpc) is 3.47. The summed E-state index contributed by atoms with van der Waals surface area (Å²) in [6, 6.07) is 26.5. The molecule has 5 rings (SSSR count). The van der Waals surface area contributed by atoms with E-state index in [1.807, 2.05) is 6.07 Å². The summed E-state index contributed by atoms with van der Waals surface area (Å²) < 4.78 is 14.7. The van der Waals surface area contributed by atoms with E-state index in [1.165, 1.54) is 17.2 Å². The molecule has 0 unspecified atom stereocenters. The summed E-state index contributed by atoms with van der Waals surface area (Å²) in [7, 11) is 0. The van der Waals surface area contributed by atoms with Crippen LogP contribution in [0.2, 0.25) is 0 Å². The maximum Gasteiger partial charge on any atom is 0.194 e. The molecule has 0 aliphatic carbocycles. The first kappa shape index (κ1) is 29.1. The summed E-state index contributed by atoms with van der Waals surface area (Å²) in [6.07, 6.45) is 5.68. The number of hydrogen-bond donors (Lipinski definition) is 2. The minimum absolute atomic E-state index is 0.202. The maximum atomic E-state index is 13.6. The van der Waals surface area contributed by atoms with E-state index in [2.05, 4.69) is 90.2 Å². The highest BCUT2D eigenvalue weighted by Crippen LogP contribution is 2.23. The van der Waals surface area contributed by atoms with E-state index in [4.69, 9.17) is 11.1 Å². The summed E-state index contributed by atoms with van der Waals surface area (Å²) in [5.41, 5.74) is 9.79. The topological polar surface area (TPSA) is 71.9 Å². The third kappa shape index (κ3) is 7.88. The van der Waals surface area contributed by atoms with Crippen molar-refractivity contribution in [2.75, 3.05) is 32.7 Å². The number of benzene rings is 3. The number of rotatable bonds is 13. The van der Waals surface area contributed by atoms with Crippen molar-refractivity contribution in [3.63, 3.8) is 0 Å². The van der Waals surface area contributed by atoms with Crippen LogP contribution >= 0.6 is 15.9 Å². The molecule has 2 heterocycles. The van der Waals surface area contributed by atoms with Crippen LogP contribution in [0, 0.1) is 11.2 Å². The molecule has 6 nitrogen and oxygen atoms in total. The largest absolute Gasteiger partial charge is 0.370 e. The highest BCUT2D eigenvalue weighted by atomic mass is 79.9. The van der Waals surface area contributed by atoms with E-state index >= 15 is 0 Å². The number of hydrogen-bond acceptors (Lipinski definition) is 4. The van der Waals surface area contributed by atoms with Crippen LogP contribution in [-0.2, 0) is 19.3 Å². The fourth-order valence-electron chi connectivity index (χ4n) is 6.03. The molecule has 2 atom stereocenters. The van der Waals surface area contributed by atoms with Crippen LogP contribution in [0.3, 0.4) is 0 Å². The highest BCUT2D eigenvalue weighted by Gasteiger charge is 2.34. The van der Waals surface area contributed by atoms with Gasteiger partial charge < -0.3 is 20.4 Å². The van der Waals surface area contributed by atoms with E-state index in [-0.39, 0.29) is 11.9 Å². The second-order valence-corrected chi connectivity index (χ2v) is 12.0. The molecule has 2 aliphatic heterocycles. The molecular weight excluding hydrogens is 579 g/mol. The Morgan fingerprint density at radius 2 is 1.54 bits per heavy atom. The Kier molecular flexibility index (Phi) is 9.93. The maximum absolute atomic E-state index is 13.6. The minimum Gasteiger partial charge on any atom is -0.370 e. The van der Waals surface area contributed by atoms with Gasteiger partial charge in [0.25, 0.3) is 0 Å². The Morgan fingerprint density at radius 1 is 0.829 bits per heavy atom. The van der Waals surface area contributed by atoms with Gasteiger partial charge in [-0.05, 0) is 79.5 Å². The molecule has 0 aromatic heterocycles. The molecule has 3 aromatic carbocycles. The zero-order valence-electron chi connectivity index (χ0n) is 23.6. The Bertz CT molecular complexity index is 1330. The van der Waals surface area contributed by atoms with Gasteiger partial charge in [0, 0.05) is 30.7 Å². The molecule has 1 fully saturated rings. The number of nitrogens with two attached hydrogens (primary N) is 1. The Hall–Kier alpha value is -3.39. The number of unbranched alkanes of at least 4 members (excludes halogenated alkanes) is 1. The van der Waals surface area contributed by atoms with Crippen molar-refractivity contribution in [1.82, 2.24) is 14.7 Å². The van der Waals surface area contributed by atoms with Crippen molar-refractivity contribution in [2.24, 2.45) is 10.7 Å². The predicted octanol–water partition coefficient (Wildman–Crippen LogP) is 5.71. The number of nitrogens with one attached hydrogen (secondary N) is 1. The normalized spacial score (nSPS) is 18.8. The first-order valence-corrected chi connectivity index (χ1v) is 15.4. The van der Waals surface area contributed by atoms with E-state index in [0.29, 0.717) is 18.0 Å². The van der Waals surface area contributed by atoms with Gasteiger partial charge in [0.15, 0.2) is 11.9 Å². The monoisotopic (exact) mass is 618 g/mol. The summed E-state index contributed by atoms with van der Waals surface area (Å²) in [5, 5.41) is 9.05. The molecule has 0 bridgehead atoms. The third-order valence-corrected chi connectivity index (χ3v) is 8.73. The molecule has 0 amide bonds. The number of nitrogens with zero attached hydrogens (tertiary/aromatic N) is 4. The Labute approximate surface area is 251 Å². The van der Waals surface area contributed by atoms with Gasteiger partial charge in [0.1, 0.15) is 5.82 Å². The molecule has 0 spiro atoms. The minimum atomic E-state index is -0.202. The quantitative estimate of drug-likeness (QED) is 0.241. The van der Waals surface area contributed by atoms with Crippen molar-refractivity contribution >= 4 is 27.8 Å². The lowest BCUT2D eigenvalue weighted by atomic mass is 10.0. The molecular formula is C33H40BrFN6. The van der Waals surface area contributed by atoms with Crippen LogP contribution in [0.5, 0.6) is 0 Å². The predicted molar refractivity (Wildman–Crippen MR) is 169 cm³/mol. The van der Waals surface area contributed by atoms with Gasteiger partial charge in [-0.2, -0.15) is 0 Å². The SMILES string of the molecule is N=C1N(CCCC[C@H]2CN=C(N)N2CCc2cccc(F)c2)C[C@@H](Cc2ccccc2)N1CCc1cccc(Br)c1. The molecule has 216 valence electrons. The fraction of sp³-hybridized carbons (Fsp3) is 0.394. The summed E-state index contributed by atoms with van der Waals surface area (Å²) >= 11 is 3.59. The van der Waals surface area contributed by atoms with E-state index in [0.717, 1.165) is 81.3 Å². The molecule has 3 N–H and O–H groups in total. The molecule has 41 heavy (non-hydrogen) atoms. The molecule has 0 saturated carbocycles. The van der Waals surface area contributed by atoms with Crippen LogP contribution in [0.4, 0.5) is 4.39 Å². The molecule has 1 saturated heterocycles. The van der Waals surface area contributed by atoms with Crippen molar-refractivity contribution in [3.05, 3.63) is 106 Å². The summed E-state index contributed by atoms with van der Waals surface area (Å²) in [6.45, 7) is 4.06. The Morgan fingerprint density at radius 3 is 2.29 bits per heavy atom. The van der Waals surface area contributed by atoms with Crippen molar-refractivity contribution in [2.45, 2.75) is 50.6 Å². The van der Waals surface area contributed by atoms with Gasteiger partial charge >= 0.3 is 0 Å². The molecule has 3 aromatic rings. The smallest absolute Gasteiger partial charge is 0.194 e. The van der Waals surface area contributed by atoms with Gasteiger partial charge in [0.05, 0.1) is 18.6 Å². The zero-order valence-corrected chi connectivity index (χ0v) is 25.1. The third-order valence-electron chi connectivity index (χ3n) is 8.23. The molecule has 8 heteroatoms. The average molecular weight is 620 g/mol. The van der Waals surface area contributed by atoms with Gasteiger partial charge in [-0.25, -0.2) is 4.39 Å². The first-order chi connectivity index (χ1) is 20.0. The van der Waals surface area contributed by atoms with Crippen molar-refractivity contribution < 1.29 is 4.39 Å². The molecule has 0 radical (unpaired) electrons. The lowest BCUT2D eigenvalue weighted by Crippen LogP contribution is -2.42. The van der Waals surface area contributed by atoms with Crippen molar-refractivity contribution in [1.29, 1.82) is 5.41 Å². The standard InChI is InChI=1S/C33H40BrFN6/c34-28-12-6-10-26(20-28)16-19-41-31(22-25-8-2-1-3-9-25)24-39(33(41)37)17-5-4-14-30-23-38-32(36)40(30)18-15-27-11-7-13-29(35)21-27/h1-3,6-13,20-21,30-31,37H,4-5,14-19,22-24H2,(H2,36,38)/t30-,31+/m0/s1. The van der Waals surface area contributed by atoms with E-state index in [9.17, 15) is 4.39 Å². The van der Waals surface area contributed by atoms with Crippen molar-refractivity contribution in [3.8, 4) is 0 Å². The zero-order chi connectivity index (χ0) is 28.6. The van der Waals surface area contributed by atoms with Gasteiger partial charge in [0.2, 0.25) is 0 Å². The molecule has 2 aliphatic rings. The fourth-order valence-corrected chi connectivity index (χ4v) is 6.47. The lowest BCUT2D eigenvalue weighted by Gasteiger charge is -2.27. The summed E-state index contributed by atoms with van der Waals surface area (Å²) in [5.74, 6) is 1.04. The summed E-state index contributed by atoms with van der Waals surface area (Å²) in [4.78, 5) is 11.2. The van der Waals surface area contributed by atoms with Gasteiger partial charge in [-0.15, -0.1) is 0 Å². The van der Waals surface area contributed by atoms with Crippen LogP contribution in [-0.4, -0.2) is 71.4 Å².